The molecule has 0 saturated heterocycles. The molecule has 0 fully saturated rings. The zero-order valence-electron chi connectivity index (χ0n) is 44.2. The Bertz CT molecular complexity index is 3440. The van der Waals surface area contributed by atoms with E-state index < -0.39 is 0 Å². The standard InChI is InChI=1S/C68H69BN2/c1-42-33-44(3)63(45(4)34-42)50-36-53-52-39-55-57(68(11,12)32-30-66(55,7)8)41-60(52)71(51-26-23-48(24-27-51)46-19-15-13-16-20-46)69-58-28-25-49(47-21-17-14-18-22-47)37-61(58)70(62(38-50)64(53)69)59-40-56-54(35-43(59)2)65(5,6)29-31-67(56,9)10/h13-28,33-41H,29-32H2,1-12H3. The minimum Gasteiger partial charge on any atom is -0.376 e. The molecule has 12 rings (SSSR count). The summed E-state index contributed by atoms with van der Waals surface area (Å²) in [6.45, 7) is 28.9. The van der Waals surface area contributed by atoms with Crippen LogP contribution in [0.15, 0.2) is 152 Å². The highest BCUT2D eigenvalue weighted by Gasteiger charge is 2.48. The summed E-state index contributed by atoms with van der Waals surface area (Å²) in [5, 5.41) is 0. The van der Waals surface area contributed by atoms with Gasteiger partial charge in [0.25, 0.3) is 0 Å². The van der Waals surface area contributed by atoms with Crippen molar-refractivity contribution in [3.63, 3.8) is 0 Å². The fourth-order valence-electron chi connectivity index (χ4n) is 13.5. The van der Waals surface area contributed by atoms with E-state index in [1.165, 1.54) is 135 Å². The molecule has 2 heterocycles. The van der Waals surface area contributed by atoms with Crippen molar-refractivity contribution in [2.45, 2.75) is 130 Å². The van der Waals surface area contributed by atoms with E-state index in [1.807, 2.05) is 0 Å². The lowest BCUT2D eigenvalue weighted by Gasteiger charge is -2.49. The quantitative estimate of drug-likeness (QED) is 0.159. The van der Waals surface area contributed by atoms with Gasteiger partial charge < -0.3 is 9.71 Å². The van der Waals surface area contributed by atoms with Gasteiger partial charge in [0.1, 0.15) is 0 Å². The molecule has 2 nitrogen and oxygen atoms in total. The van der Waals surface area contributed by atoms with Crippen LogP contribution in [0.4, 0.5) is 28.4 Å². The normalized spacial score (nSPS) is 17.4. The monoisotopic (exact) mass is 925 g/mol. The van der Waals surface area contributed by atoms with Gasteiger partial charge in [0.2, 0.25) is 0 Å². The largest absolute Gasteiger partial charge is 0.376 e. The molecule has 3 heteroatoms. The van der Waals surface area contributed by atoms with Crippen molar-refractivity contribution in [1.82, 2.24) is 0 Å². The molecular weight excluding hydrogens is 856 g/mol. The van der Waals surface area contributed by atoms with Gasteiger partial charge in [-0.1, -0.05) is 164 Å². The average Bonchev–Trinajstić information content (AvgIpc) is 3.34. The van der Waals surface area contributed by atoms with Crippen molar-refractivity contribution in [1.29, 1.82) is 0 Å². The van der Waals surface area contributed by atoms with Crippen LogP contribution in [0.2, 0.25) is 0 Å². The van der Waals surface area contributed by atoms with Gasteiger partial charge in [0, 0.05) is 34.0 Å². The summed E-state index contributed by atoms with van der Waals surface area (Å²) in [5.74, 6) is 0. The first-order valence-corrected chi connectivity index (χ1v) is 26.4. The maximum atomic E-state index is 2.74. The van der Waals surface area contributed by atoms with Crippen LogP contribution >= 0.6 is 0 Å². The predicted molar refractivity (Wildman–Crippen MR) is 306 cm³/mol. The molecule has 0 saturated carbocycles. The number of fused-ring (bicyclic) bond motifs is 6. The fourth-order valence-corrected chi connectivity index (χ4v) is 13.5. The number of benzene rings is 8. The third kappa shape index (κ3) is 7.19. The molecule has 0 bridgehead atoms. The van der Waals surface area contributed by atoms with Gasteiger partial charge in [0.05, 0.1) is 0 Å². The minimum atomic E-state index is -0.105. The molecule has 354 valence electrons. The molecule has 0 spiro atoms. The van der Waals surface area contributed by atoms with E-state index in [-0.39, 0.29) is 28.5 Å². The van der Waals surface area contributed by atoms with Gasteiger partial charge in [-0.05, 0) is 212 Å². The topological polar surface area (TPSA) is 6.48 Å². The van der Waals surface area contributed by atoms with Crippen molar-refractivity contribution in [2.75, 3.05) is 9.71 Å². The van der Waals surface area contributed by atoms with Crippen molar-refractivity contribution in [3.05, 3.63) is 196 Å². The molecule has 2 aliphatic carbocycles. The van der Waals surface area contributed by atoms with Crippen LogP contribution in [-0.4, -0.2) is 6.85 Å². The summed E-state index contributed by atoms with van der Waals surface area (Å²) in [4.78, 5) is 5.44. The molecule has 0 atom stereocenters. The highest BCUT2D eigenvalue weighted by atomic mass is 15.2. The van der Waals surface area contributed by atoms with E-state index in [9.17, 15) is 0 Å². The predicted octanol–water partition coefficient (Wildman–Crippen LogP) is 17.3. The Balaban J connectivity index is 1.23. The fraction of sp³-hybridized carbons (Fsp3) is 0.294. The van der Waals surface area contributed by atoms with E-state index in [2.05, 4.69) is 244 Å². The summed E-state index contributed by atoms with van der Waals surface area (Å²) < 4.78 is 0. The lowest BCUT2D eigenvalue weighted by molar-refractivity contribution is 0.332. The summed E-state index contributed by atoms with van der Waals surface area (Å²) in [6.07, 6.45) is 4.67. The third-order valence-electron chi connectivity index (χ3n) is 17.8. The highest BCUT2D eigenvalue weighted by molar-refractivity contribution is 6.93. The molecule has 0 amide bonds. The molecule has 0 aromatic heterocycles. The van der Waals surface area contributed by atoms with Crippen LogP contribution in [0.25, 0.3) is 44.5 Å². The summed E-state index contributed by atoms with van der Waals surface area (Å²) in [5.41, 5.74) is 30.6. The van der Waals surface area contributed by atoms with E-state index in [4.69, 9.17) is 0 Å². The highest BCUT2D eigenvalue weighted by Crippen LogP contribution is 2.56. The Kier molecular flexibility index (Phi) is 10.2. The summed E-state index contributed by atoms with van der Waals surface area (Å²) in [7, 11) is 0. The Hall–Kier alpha value is -6.58. The minimum absolute atomic E-state index is 0.0320. The summed E-state index contributed by atoms with van der Waals surface area (Å²) >= 11 is 0. The van der Waals surface area contributed by atoms with Crippen LogP contribution in [-0.2, 0) is 21.7 Å². The molecular formula is C68H69BN2. The van der Waals surface area contributed by atoms with Gasteiger partial charge in [-0.2, -0.15) is 0 Å². The number of aryl methyl sites for hydroxylation is 4. The first-order valence-electron chi connectivity index (χ1n) is 26.4. The SMILES string of the molecule is Cc1cc(C)c(-c2cc3c4c(c2)N(c2cc5c(cc2C)C(C)(C)CCC5(C)C)c2cc(-c5ccccc5)ccc2B4N(c2ccc(-c4ccccc4)cc2)c2cc4c(cc2-3)C(C)(C)CCC4(C)C)c(C)c1. The van der Waals surface area contributed by atoms with Crippen LogP contribution < -0.4 is 20.6 Å². The van der Waals surface area contributed by atoms with E-state index in [1.54, 1.807) is 0 Å². The van der Waals surface area contributed by atoms with Crippen LogP contribution in [0.1, 0.15) is 126 Å². The second-order valence-corrected chi connectivity index (χ2v) is 24.5. The smallest absolute Gasteiger partial charge is 0.333 e. The summed E-state index contributed by atoms with van der Waals surface area (Å²) in [6, 6.07) is 59.1. The van der Waals surface area contributed by atoms with E-state index >= 15 is 0 Å². The van der Waals surface area contributed by atoms with Gasteiger partial charge in [-0.25, -0.2) is 0 Å². The molecule has 4 aliphatic rings. The zero-order valence-corrected chi connectivity index (χ0v) is 44.2. The van der Waals surface area contributed by atoms with E-state index in [0.717, 1.165) is 19.3 Å². The Morgan fingerprint density at radius 1 is 0.380 bits per heavy atom. The Morgan fingerprint density at radius 2 is 0.859 bits per heavy atom. The van der Waals surface area contributed by atoms with Crippen molar-refractivity contribution < 1.29 is 0 Å². The van der Waals surface area contributed by atoms with Crippen LogP contribution in [0, 0.1) is 27.7 Å². The average molecular weight is 925 g/mol. The molecule has 8 aromatic carbocycles. The van der Waals surface area contributed by atoms with Gasteiger partial charge in [0.15, 0.2) is 0 Å². The van der Waals surface area contributed by atoms with Gasteiger partial charge in [-0.3, -0.25) is 0 Å². The molecule has 0 radical (unpaired) electrons. The van der Waals surface area contributed by atoms with Crippen LogP contribution in [0.3, 0.4) is 0 Å². The lowest BCUT2D eigenvalue weighted by atomic mass is 9.43. The number of nitrogens with zero attached hydrogens (tertiary/aromatic N) is 2. The number of hydrogen-bond acceptors (Lipinski definition) is 2. The number of hydrogen-bond donors (Lipinski definition) is 0. The Labute approximate surface area is 424 Å². The second kappa shape index (κ2) is 16.0. The van der Waals surface area contributed by atoms with Gasteiger partial charge >= 0.3 is 6.85 Å². The molecule has 71 heavy (non-hydrogen) atoms. The maximum absolute atomic E-state index is 2.74. The Morgan fingerprint density at radius 3 is 1.44 bits per heavy atom. The first-order chi connectivity index (χ1) is 33.8. The second-order valence-electron chi connectivity index (χ2n) is 24.5. The van der Waals surface area contributed by atoms with E-state index in [0.29, 0.717) is 0 Å². The number of rotatable bonds is 5. The first kappa shape index (κ1) is 45.6. The van der Waals surface area contributed by atoms with Gasteiger partial charge in [-0.15, -0.1) is 0 Å². The molecule has 0 unspecified atom stereocenters. The molecule has 2 aliphatic heterocycles. The molecule has 0 N–H and O–H groups in total. The lowest BCUT2D eigenvalue weighted by Crippen LogP contribution is -2.61. The van der Waals surface area contributed by atoms with Crippen molar-refractivity contribution >= 4 is 46.2 Å². The van der Waals surface area contributed by atoms with Crippen molar-refractivity contribution in [2.24, 2.45) is 0 Å². The maximum Gasteiger partial charge on any atom is 0.333 e. The third-order valence-corrected chi connectivity index (χ3v) is 17.8. The number of anilines is 5. The zero-order chi connectivity index (χ0) is 49.5. The molecule has 8 aromatic rings. The van der Waals surface area contributed by atoms with Crippen molar-refractivity contribution in [3.8, 4) is 44.5 Å². The van der Waals surface area contributed by atoms with Crippen LogP contribution in [0.5, 0.6) is 0 Å².